The first-order valence-electron chi connectivity index (χ1n) is 7.20. The molecule has 12 heteroatoms. The zero-order chi connectivity index (χ0) is 19.3. The number of hydrogen-bond donors (Lipinski definition) is 4. The van der Waals surface area contributed by atoms with Crippen LogP contribution >= 0.6 is 0 Å². The van der Waals surface area contributed by atoms with E-state index in [1.54, 1.807) is 0 Å². The molecule has 4 N–H and O–H groups in total. The second kappa shape index (κ2) is 11.6. The lowest BCUT2D eigenvalue weighted by atomic mass is 9.92. The zero-order valence-corrected chi connectivity index (χ0v) is 14.6. The number of ether oxygens (including phenoxy) is 4. The Morgan fingerprint density at radius 3 is 0.920 bits per heavy atom. The lowest BCUT2D eigenvalue weighted by Gasteiger charge is -2.31. The van der Waals surface area contributed by atoms with Crippen LogP contribution in [-0.4, -0.2) is 79.0 Å². The molecule has 0 aromatic heterocycles. The molecule has 0 rings (SSSR count). The number of alkyl carbamates (subject to hydrolysis) is 4. The van der Waals surface area contributed by atoms with Crippen molar-refractivity contribution in [3.05, 3.63) is 0 Å². The van der Waals surface area contributed by atoms with Gasteiger partial charge in [-0.15, -0.1) is 0 Å². The molecule has 25 heavy (non-hydrogen) atoms. The van der Waals surface area contributed by atoms with Gasteiger partial charge in [0.2, 0.25) is 0 Å². The van der Waals surface area contributed by atoms with E-state index >= 15 is 0 Å². The van der Waals surface area contributed by atoms with Gasteiger partial charge in [0.05, 0.1) is 0 Å². The van der Waals surface area contributed by atoms with E-state index in [4.69, 9.17) is 18.9 Å². The number of rotatable bonds is 8. The van der Waals surface area contributed by atoms with Crippen LogP contribution in [-0.2, 0) is 18.9 Å². The second-order valence-corrected chi connectivity index (χ2v) is 4.80. The SMILES string of the molecule is CNC(=O)OCC(COC(=O)NC)(COC(=O)NC)COC(=O)NC. The minimum absolute atomic E-state index is 0.350. The maximum absolute atomic E-state index is 11.3. The van der Waals surface area contributed by atoms with E-state index in [1.165, 1.54) is 28.2 Å². The molecule has 0 heterocycles. The lowest BCUT2D eigenvalue weighted by Crippen LogP contribution is -2.46. The minimum atomic E-state index is -1.31. The lowest BCUT2D eigenvalue weighted by molar-refractivity contribution is -0.0479. The van der Waals surface area contributed by atoms with E-state index in [-0.39, 0.29) is 26.4 Å². The van der Waals surface area contributed by atoms with Crippen molar-refractivity contribution in [2.45, 2.75) is 0 Å². The fourth-order valence-corrected chi connectivity index (χ4v) is 1.41. The Morgan fingerprint density at radius 1 is 0.560 bits per heavy atom. The van der Waals surface area contributed by atoms with Gasteiger partial charge in [0.25, 0.3) is 0 Å². The van der Waals surface area contributed by atoms with Crippen LogP contribution in [0.2, 0.25) is 0 Å². The number of amides is 4. The molecule has 0 aliphatic heterocycles. The normalized spacial score (nSPS) is 10.1. The summed E-state index contributed by atoms with van der Waals surface area (Å²) in [5.74, 6) is 0. The summed E-state index contributed by atoms with van der Waals surface area (Å²) in [6.45, 7) is -1.40. The summed E-state index contributed by atoms with van der Waals surface area (Å²) in [4.78, 5) is 45.4. The standard InChI is InChI=1S/C13H24N4O8/c1-14-9(18)22-5-13(6-23-10(19)15-2,7-24-11(20)16-3)8-25-12(21)17-4/h5-8H2,1-4H3,(H,14,18)(H,15,19)(H,16,20)(H,17,21). The van der Waals surface area contributed by atoms with Crippen molar-refractivity contribution in [1.82, 2.24) is 21.3 Å². The van der Waals surface area contributed by atoms with Gasteiger partial charge in [-0.3, -0.25) is 0 Å². The Morgan fingerprint density at radius 2 is 0.760 bits per heavy atom. The quantitative estimate of drug-likeness (QED) is 0.416. The molecule has 0 radical (unpaired) electrons. The molecule has 144 valence electrons. The van der Waals surface area contributed by atoms with E-state index < -0.39 is 29.8 Å². The first-order valence-corrected chi connectivity index (χ1v) is 7.20. The summed E-state index contributed by atoms with van der Waals surface area (Å²) in [6.07, 6.45) is -3.04. The smallest absolute Gasteiger partial charge is 0.406 e. The average molecular weight is 364 g/mol. The fourth-order valence-electron chi connectivity index (χ4n) is 1.41. The largest absolute Gasteiger partial charge is 0.449 e. The summed E-state index contributed by atoms with van der Waals surface area (Å²) in [5.41, 5.74) is -1.31. The van der Waals surface area contributed by atoms with E-state index in [0.717, 1.165) is 0 Å². The number of hydrogen-bond acceptors (Lipinski definition) is 8. The number of nitrogens with one attached hydrogen (secondary N) is 4. The summed E-state index contributed by atoms with van der Waals surface area (Å²) in [7, 11) is 5.42. The van der Waals surface area contributed by atoms with Gasteiger partial charge in [-0.05, 0) is 0 Å². The Bertz CT molecular complexity index is 385. The van der Waals surface area contributed by atoms with Gasteiger partial charge in [-0.2, -0.15) is 0 Å². The molecule has 0 spiro atoms. The molecule has 0 atom stereocenters. The topological polar surface area (TPSA) is 153 Å². The van der Waals surface area contributed by atoms with Crippen molar-refractivity contribution in [3.8, 4) is 0 Å². The monoisotopic (exact) mass is 364 g/mol. The van der Waals surface area contributed by atoms with Crippen molar-refractivity contribution >= 4 is 24.4 Å². The highest BCUT2D eigenvalue weighted by molar-refractivity contribution is 5.68. The second-order valence-electron chi connectivity index (χ2n) is 4.80. The molecule has 0 saturated carbocycles. The molecule has 0 aromatic carbocycles. The number of carbonyl (C=O) groups excluding carboxylic acids is 4. The maximum Gasteiger partial charge on any atom is 0.406 e. The molecular formula is C13H24N4O8. The highest BCUT2D eigenvalue weighted by atomic mass is 16.6. The zero-order valence-electron chi connectivity index (χ0n) is 14.6. The third-order valence-electron chi connectivity index (χ3n) is 2.85. The predicted molar refractivity (Wildman–Crippen MR) is 84.1 cm³/mol. The van der Waals surface area contributed by atoms with Gasteiger partial charge in [0.1, 0.15) is 31.8 Å². The third kappa shape index (κ3) is 9.07. The van der Waals surface area contributed by atoms with E-state index in [2.05, 4.69) is 21.3 Å². The van der Waals surface area contributed by atoms with Crippen LogP contribution in [0.4, 0.5) is 19.2 Å². The summed E-state index contributed by atoms with van der Waals surface area (Å²) in [6, 6.07) is 0. The van der Waals surface area contributed by atoms with Crippen LogP contribution in [0.25, 0.3) is 0 Å². The van der Waals surface area contributed by atoms with Gasteiger partial charge < -0.3 is 40.2 Å². The first-order chi connectivity index (χ1) is 11.8. The highest BCUT2D eigenvalue weighted by Gasteiger charge is 2.37. The van der Waals surface area contributed by atoms with Crippen molar-refractivity contribution < 1.29 is 38.1 Å². The Hall–Kier alpha value is -2.92. The van der Waals surface area contributed by atoms with Gasteiger partial charge in [0, 0.05) is 28.2 Å². The Kier molecular flexibility index (Phi) is 10.2. The molecule has 0 saturated heterocycles. The average Bonchev–Trinajstić information content (AvgIpc) is 2.65. The summed E-state index contributed by atoms with van der Waals surface area (Å²) >= 11 is 0. The fraction of sp³-hybridized carbons (Fsp3) is 0.692. The van der Waals surface area contributed by atoms with Gasteiger partial charge >= 0.3 is 24.4 Å². The Labute approximate surface area is 144 Å². The minimum Gasteiger partial charge on any atom is -0.449 e. The summed E-state index contributed by atoms with van der Waals surface area (Å²) in [5, 5.41) is 8.98. The van der Waals surface area contributed by atoms with Crippen LogP contribution < -0.4 is 21.3 Å². The van der Waals surface area contributed by atoms with Crippen LogP contribution in [0, 0.1) is 5.41 Å². The molecule has 4 amide bonds. The van der Waals surface area contributed by atoms with Crippen molar-refractivity contribution in [1.29, 1.82) is 0 Å². The highest BCUT2D eigenvalue weighted by Crippen LogP contribution is 2.21. The van der Waals surface area contributed by atoms with Crippen LogP contribution in [0.3, 0.4) is 0 Å². The molecular weight excluding hydrogens is 340 g/mol. The maximum atomic E-state index is 11.3. The van der Waals surface area contributed by atoms with E-state index in [0.29, 0.717) is 0 Å². The Balaban J connectivity index is 5.24. The molecule has 0 bridgehead atoms. The van der Waals surface area contributed by atoms with Crippen molar-refractivity contribution in [2.75, 3.05) is 54.6 Å². The molecule has 0 aromatic rings. The molecule has 0 unspecified atom stereocenters. The van der Waals surface area contributed by atoms with Crippen LogP contribution in [0.1, 0.15) is 0 Å². The van der Waals surface area contributed by atoms with Crippen LogP contribution in [0.5, 0.6) is 0 Å². The first kappa shape index (κ1) is 22.1. The molecule has 12 nitrogen and oxygen atoms in total. The van der Waals surface area contributed by atoms with Crippen molar-refractivity contribution in [3.63, 3.8) is 0 Å². The van der Waals surface area contributed by atoms with Gasteiger partial charge in [0.15, 0.2) is 0 Å². The number of carbonyl (C=O) groups is 4. The molecule has 0 fully saturated rings. The molecule has 0 aliphatic carbocycles. The van der Waals surface area contributed by atoms with Gasteiger partial charge in [-0.25, -0.2) is 19.2 Å². The van der Waals surface area contributed by atoms with Crippen LogP contribution in [0.15, 0.2) is 0 Å². The van der Waals surface area contributed by atoms with Gasteiger partial charge in [-0.1, -0.05) is 0 Å². The van der Waals surface area contributed by atoms with Crippen molar-refractivity contribution in [2.24, 2.45) is 5.41 Å². The van der Waals surface area contributed by atoms with E-state index in [9.17, 15) is 19.2 Å². The molecule has 0 aliphatic rings. The van der Waals surface area contributed by atoms with E-state index in [1.807, 2.05) is 0 Å². The predicted octanol–water partition coefficient (Wildman–Crippen LogP) is -0.603. The summed E-state index contributed by atoms with van der Waals surface area (Å²) < 4.78 is 19.9. The third-order valence-corrected chi connectivity index (χ3v) is 2.85.